The average Bonchev–Trinajstić information content (AvgIpc) is 2.29. The summed E-state index contributed by atoms with van der Waals surface area (Å²) in [6.07, 6.45) is 1.14. The molecule has 0 aliphatic heterocycles. The highest BCUT2D eigenvalue weighted by Crippen LogP contribution is 2.14. The van der Waals surface area contributed by atoms with Crippen LogP contribution in [0.5, 0.6) is 0 Å². The van der Waals surface area contributed by atoms with Crippen LogP contribution in [0.1, 0.15) is 11.4 Å². The van der Waals surface area contributed by atoms with Gasteiger partial charge in [-0.3, -0.25) is 0 Å². The third kappa shape index (κ3) is 2.33. The lowest BCUT2D eigenvalue weighted by Crippen LogP contribution is -1.97. The van der Waals surface area contributed by atoms with Gasteiger partial charge in [0.15, 0.2) is 5.82 Å². The first kappa shape index (κ1) is 11.0. The molecule has 0 bridgehead atoms. The van der Waals surface area contributed by atoms with Crippen molar-refractivity contribution in [3.8, 4) is 11.5 Å². The van der Waals surface area contributed by atoms with Gasteiger partial charge in [-0.2, -0.15) is 0 Å². The maximum atomic E-state index is 12.7. The molecule has 2 aromatic rings. The van der Waals surface area contributed by atoms with Crippen LogP contribution in [-0.4, -0.2) is 15.0 Å². The zero-order valence-corrected chi connectivity index (χ0v) is 9.37. The highest BCUT2D eigenvalue weighted by molar-refractivity contribution is 6.16. The molecule has 0 saturated carbocycles. The molecule has 0 atom stereocenters. The van der Waals surface area contributed by atoms with Crippen molar-refractivity contribution in [3.63, 3.8) is 0 Å². The number of hydrogen-bond donors (Lipinski definition) is 0. The molecule has 0 aromatic carbocycles. The summed E-state index contributed by atoms with van der Waals surface area (Å²) in [5.41, 5.74) is 2.08. The lowest BCUT2D eigenvalue weighted by molar-refractivity contribution is 0.621. The van der Waals surface area contributed by atoms with E-state index >= 15 is 0 Å². The van der Waals surface area contributed by atoms with Crippen molar-refractivity contribution in [1.82, 2.24) is 15.0 Å². The molecule has 82 valence electrons. The maximum Gasteiger partial charge on any atom is 0.178 e. The van der Waals surface area contributed by atoms with E-state index in [1.165, 1.54) is 6.07 Å². The molecule has 2 rings (SSSR count). The average molecular weight is 238 g/mol. The molecule has 2 heterocycles. The monoisotopic (exact) mass is 237 g/mol. The Hall–Kier alpha value is -1.55. The summed E-state index contributed by atoms with van der Waals surface area (Å²) in [5.74, 6) is 0.405. The van der Waals surface area contributed by atoms with Gasteiger partial charge in [0, 0.05) is 5.69 Å². The molecule has 0 fully saturated rings. The number of hydrogen-bond acceptors (Lipinski definition) is 3. The molecule has 0 amide bonds. The van der Waals surface area contributed by atoms with E-state index in [1.54, 1.807) is 12.1 Å². The Bertz CT molecular complexity index is 499. The van der Waals surface area contributed by atoms with Crippen molar-refractivity contribution in [3.05, 3.63) is 41.6 Å². The van der Waals surface area contributed by atoms with E-state index in [1.807, 2.05) is 6.92 Å². The summed E-state index contributed by atoms with van der Waals surface area (Å²) in [4.78, 5) is 12.4. The fraction of sp³-hybridized carbons (Fsp3) is 0.182. The Kier molecular flexibility index (Phi) is 3.10. The van der Waals surface area contributed by atoms with E-state index < -0.39 is 0 Å². The van der Waals surface area contributed by atoms with Crippen molar-refractivity contribution in [1.29, 1.82) is 0 Å². The van der Waals surface area contributed by atoms with E-state index in [4.69, 9.17) is 11.6 Å². The van der Waals surface area contributed by atoms with Crippen LogP contribution in [0.3, 0.4) is 0 Å². The van der Waals surface area contributed by atoms with Gasteiger partial charge in [0.1, 0.15) is 11.5 Å². The molecule has 0 radical (unpaired) electrons. The summed E-state index contributed by atoms with van der Waals surface area (Å²) in [5, 5.41) is 0. The van der Waals surface area contributed by atoms with Crippen molar-refractivity contribution in [2.45, 2.75) is 12.8 Å². The Morgan fingerprint density at radius 1 is 1.31 bits per heavy atom. The molecular formula is C11H9ClFN3. The molecule has 5 heteroatoms. The third-order valence-corrected chi connectivity index (χ3v) is 2.27. The first-order chi connectivity index (χ1) is 7.69. The quantitative estimate of drug-likeness (QED) is 0.754. The standard InChI is InChI=1S/C11H9ClFN3/c1-7-4-9(5-12)16-11(15-7)10-3-2-8(13)6-14-10/h2-4,6H,5H2,1H3. The fourth-order valence-electron chi connectivity index (χ4n) is 1.32. The summed E-state index contributed by atoms with van der Waals surface area (Å²) in [6.45, 7) is 1.85. The van der Waals surface area contributed by atoms with Gasteiger partial charge in [-0.25, -0.2) is 19.3 Å². The number of rotatable bonds is 2. The minimum absolute atomic E-state index is 0.317. The number of pyridine rings is 1. The number of nitrogens with zero attached hydrogens (tertiary/aromatic N) is 3. The van der Waals surface area contributed by atoms with Gasteiger partial charge in [0.2, 0.25) is 0 Å². The second-order valence-electron chi connectivity index (χ2n) is 3.32. The lowest BCUT2D eigenvalue weighted by Gasteiger charge is -2.03. The van der Waals surface area contributed by atoms with Gasteiger partial charge in [-0.15, -0.1) is 11.6 Å². The Labute approximate surface area is 97.3 Å². The second kappa shape index (κ2) is 4.53. The van der Waals surface area contributed by atoms with E-state index in [-0.39, 0.29) is 5.82 Å². The SMILES string of the molecule is Cc1cc(CCl)nc(-c2ccc(F)cn2)n1. The van der Waals surface area contributed by atoms with Crippen molar-refractivity contribution < 1.29 is 4.39 Å². The van der Waals surface area contributed by atoms with Crippen molar-refractivity contribution in [2.24, 2.45) is 0 Å². The fourth-order valence-corrected chi connectivity index (χ4v) is 1.46. The Balaban J connectivity index is 2.47. The summed E-state index contributed by atoms with van der Waals surface area (Å²) in [7, 11) is 0. The first-order valence-electron chi connectivity index (χ1n) is 4.71. The van der Waals surface area contributed by atoms with E-state index in [2.05, 4.69) is 15.0 Å². The smallest absolute Gasteiger partial charge is 0.178 e. The second-order valence-corrected chi connectivity index (χ2v) is 3.59. The Morgan fingerprint density at radius 2 is 2.12 bits per heavy atom. The molecule has 2 aromatic heterocycles. The normalized spacial score (nSPS) is 10.4. The van der Waals surface area contributed by atoms with Crippen LogP contribution in [0, 0.1) is 12.7 Å². The summed E-state index contributed by atoms with van der Waals surface area (Å²) >= 11 is 5.71. The van der Waals surface area contributed by atoms with Crippen LogP contribution >= 0.6 is 11.6 Å². The maximum absolute atomic E-state index is 12.7. The van der Waals surface area contributed by atoms with Gasteiger partial charge in [-0.05, 0) is 25.1 Å². The van der Waals surface area contributed by atoms with Crippen LogP contribution in [0.4, 0.5) is 4.39 Å². The number of aromatic nitrogens is 3. The van der Waals surface area contributed by atoms with Gasteiger partial charge < -0.3 is 0 Å². The van der Waals surface area contributed by atoms with Crippen LogP contribution < -0.4 is 0 Å². The van der Waals surface area contributed by atoms with Gasteiger partial charge in [0.25, 0.3) is 0 Å². The molecule has 0 saturated heterocycles. The topological polar surface area (TPSA) is 38.7 Å². The van der Waals surface area contributed by atoms with E-state index in [0.29, 0.717) is 17.4 Å². The molecule has 0 N–H and O–H groups in total. The van der Waals surface area contributed by atoms with Gasteiger partial charge in [-0.1, -0.05) is 0 Å². The minimum atomic E-state index is -0.381. The molecule has 0 aliphatic carbocycles. The largest absolute Gasteiger partial charge is 0.250 e. The van der Waals surface area contributed by atoms with Crippen LogP contribution in [0.15, 0.2) is 24.4 Å². The predicted molar refractivity (Wildman–Crippen MR) is 59.5 cm³/mol. The predicted octanol–water partition coefficient (Wildman–Crippen LogP) is 2.72. The third-order valence-electron chi connectivity index (χ3n) is 2.00. The highest BCUT2D eigenvalue weighted by Gasteiger charge is 2.05. The molecule has 0 unspecified atom stereocenters. The lowest BCUT2D eigenvalue weighted by atomic mass is 10.3. The van der Waals surface area contributed by atoms with Crippen molar-refractivity contribution in [2.75, 3.05) is 0 Å². The zero-order chi connectivity index (χ0) is 11.5. The molecule has 3 nitrogen and oxygen atoms in total. The molecule has 0 aliphatic rings. The number of aryl methyl sites for hydroxylation is 1. The van der Waals surface area contributed by atoms with Crippen LogP contribution in [-0.2, 0) is 5.88 Å². The van der Waals surface area contributed by atoms with E-state index in [9.17, 15) is 4.39 Å². The Morgan fingerprint density at radius 3 is 2.75 bits per heavy atom. The zero-order valence-electron chi connectivity index (χ0n) is 8.61. The van der Waals surface area contributed by atoms with Gasteiger partial charge in [0.05, 0.1) is 17.8 Å². The minimum Gasteiger partial charge on any atom is -0.250 e. The highest BCUT2D eigenvalue weighted by atomic mass is 35.5. The van der Waals surface area contributed by atoms with Crippen LogP contribution in [0.2, 0.25) is 0 Å². The molecular weight excluding hydrogens is 229 g/mol. The summed E-state index contributed by atoms with van der Waals surface area (Å²) in [6, 6.07) is 4.68. The van der Waals surface area contributed by atoms with Crippen LogP contribution in [0.25, 0.3) is 11.5 Å². The van der Waals surface area contributed by atoms with Crippen molar-refractivity contribution >= 4 is 11.6 Å². The number of alkyl halides is 1. The molecule has 16 heavy (non-hydrogen) atoms. The van der Waals surface area contributed by atoms with E-state index in [0.717, 1.165) is 17.6 Å². The number of halogens is 2. The summed E-state index contributed by atoms with van der Waals surface area (Å²) < 4.78 is 12.7. The molecule has 0 spiro atoms. The van der Waals surface area contributed by atoms with Gasteiger partial charge >= 0.3 is 0 Å². The first-order valence-corrected chi connectivity index (χ1v) is 5.25.